The quantitative estimate of drug-likeness (QED) is 0.586. The van der Waals surface area contributed by atoms with Crippen LogP contribution in [0, 0.1) is 6.42 Å². The van der Waals surface area contributed by atoms with E-state index in [0.29, 0.717) is 13.5 Å². The van der Waals surface area contributed by atoms with Crippen molar-refractivity contribution in [1.29, 1.82) is 0 Å². The van der Waals surface area contributed by atoms with Crippen molar-refractivity contribution in [3.05, 3.63) is 113 Å². The van der Waals surface area contributed by atoms with Gasteiger partial charge >= 0.3 is 0 Å². The number of rotatable bonds is 4. The van der Waals surface area contributed by atoms with E-state index in [1.54, 1.807) is 0 Å². The lowest BCUT2D eigenvalue weighted by Crippen LogP contribution is -2.40. The van der Waals surface area contributed by atoms with Crippen molar-refractivity contribution in [2.75, 3.05) is 24.9 Å². The average Bonchev–Trinajstić information content (AvgIpc) is 2.89. The van der Waals surface area contributed by atoms with Gasteiger partial charge in [0.25, 0.3) is 0 Å². The van der Waals surface area contributed by atoms with Gasteiger partial charge in [-0.25, -0.2) is 0 Å². The number of ether oxygens (including phenoxy) is 2. The molecule has 2 aliphatic heterocycles. The van der Waals surface area contributed by atoms with Crippen LogP contribution in [-0.2, 0) is 17.7 Å². The van der Waals surface area contributed by atoms with Crippen LogP contribution < -0.4 is 9.64 Å². The average molecular weight is 438 g/mol. The first-order chi connectivity index (χ1) is 16.3. The van der Waals surface area contributed by atoms with E-state index < -0.39 is 0 Å². The lowest BCUT2D eigenvalue weighted by Gasteiger charge is -2.38. The van der Waals surface area contributed by atoms with Crippen LogP contribution >= 0.6 is 0 Å². The highest BCUT2D eigenvalue weighted by atomic mass is 16.5. The van der Waals surface area contributed by atoms with Gasteiger partial charge in [-0.15, -0.1) is 0 Å². The van der Waals surface area contributed by atoms with Crippen LogP contribution in [0.4, 0.5) is 5.69 Å². The minimum atomic E-state index is 0.112. The van der Waals surface area contributed by atoms with Gasteiger partial charge in [0.15, 0.2) is 6.73 Å². The minimum absolute atomic E-state index is 0.112. The van der Waals surface area contributed by atoms with Crippen LogP contribution in [0.1, 0.15) is 24.0 Å². The van der Waals surface area contributed by atoms with Gasteiger partial charge in [-0.3, -0.25) is 0 Å². The summed E-state index contributed by atoms with van der Waals surface area (Å²) in [6.07, 6.45) is 16.7. The highest BCUT2D eigenvalue weighted by molar-refractivity contribution is 5.51. The fraction of sp³-hybridized carbons (Fsp3) is 0.276. The number of fused-ring (bicyclic) bond motifs is 2. The van der Waals surface area contributed by atoms with Crippen molar-refractivity contribution >= 4 is 5.69 Å². The second-order valence-corrected chi connectivity index (χ2v) is 9.10. The molecule has 1 atom stereocenters. The number of nitrogens with zero attached hydrogens (tertiary/aromatic N) is 2. The molecule has 0 bridgehead atoms. The van der Waals surface area contributed by atoms with Crippen molar-refractivity contribution in [3.8, 4) is 5.75 Å². The summed E-state index contributed by atoms with van der Waals surface area (Å²) >= 11 is 0. The fourth-order valence-corrected chi connectivity index (χ4v) is 5.02. The first-order valence-electron chi connectivity index (χ1n) is 11.8. The van der Waals surface area contributed by atoms with E-state index in [1.807, 2.05) is 6.07 Å². The van der Waals surface area contributed by atoms with Gasteiger partial charge in [-0.05, 0) is 53.8 Å². The zero-order chi connectivity index (χ0) is 22.0. The van der Waals surface area contributed by atoms with E-state index in [1.165, 1.54) is 33.7 Å². The summed E-state index contributed by atoms with van der Waals surface area (Å²) in [6.45, 7) is 3.08. The standard InChI is InChI=1S/C29H29N2O2/c1-3-7-26(8-4-1)30-18-24-16-22(11-13-28(24)32-20-30)15-23-12-14-29-25(17-23)19-31(21-33-29)27-9-5-2-6-10-27/h1-5,7-8,10-14,16-17,29H,6,9,15,18-21H2. The number of hydrogen-bond donors (Lipinski definition) is 0. The monoisotopic (exact) mass is 437 g/mol. The highest BCUT2D eigenvalue weighted by Crippen LogP contribution is 2.32. The Bertz CT molecular complexity index is 1150. The molecule has 2 aromatic rings. The molecule has 0 amide bonds. The van der Waals surface area contributed by atoms with E-state index in [2.05, 4.69) is 89.1 Å². The van der Waals surface area contributed by atoms with E-state index in [9.17, 15) is 0 Å². The van der Waals surface area contributed by atoms with Gasteiger partial charge < -0.3 is 19.3 Å². The largest absolute Gasteiger partial charge is 0.473 e. The Kier molecular flexibility index (Phi) is 5.53. The summed E-state index contributed by atoms with van der Waals surface area (Å²) in [5, 5.41) is 0. The summed E-state index contributed by atoms with van der Waals surface area (Å²) in [5.74, 6) is 1.000. The summed E-state index contributed by atoms with van der Waals surface area (Å²) < 4.78 is 12.2. The van der Waals surface area contributed by atoms with Crippen molar-refractivity contribution in [1.82, 2.24) is 4.90 Å². The Morgan fingerprint density at radius 2 is 1.88 bits per heavy atom. The maximum Gasteiger partial charge on any atom is 0.161 e. The molecule has 1 saturated heterocycles. The SMILES string of the molecule is [CH]1C=C(Cc2ccc3c(c2)CN(c2ccccc2)CO3)C=C2CN(C3=CCC=CC3)COC12. The van der Waals surface area contributed by atoms with Crippen LogP contribution in [0.3, 0.4) is 0 Å². The molecule has 4 heteroatoms. The second kappa shape index (κ2) is 8.95. The molecular formula is C29H29N2O2. The van der Waals surface area contributed by atoms with Gasteiger partial charge in [0.2, 0.25) is 0 Å². The van der Waals surface area contributed by atoms with Crippen LogP contribution in [-0.4, -0.2) is 31.0 Å². The van der Waals surface area contributed by atoms with Crippen LogP contribution in [0.15, 0.2) is 95.8 Å². The van der Waals surface area contributed by atoms with E-state index in [4.69, 9.17) is 9.47 Å². The lowest BCUT2D eigenvalue weighted by atomic mass is 9.91. The van der Waals surface area contributed by atoms with Crippen molar-refractivity contribution in [2.24, 2.45) is 0 Å². The van der Waals surface area contributed by atoms with Gasteiger partial charge in [-0.1, -0.05) is 54.6 Å². The third-order valence-corrected chi connectivity index (χ3v) is 6.79. The lowest BCUT2D eigenvalue weighted by molar-refractivity contribution is -0.00589. The Morgan fingerprint density at radius 3 is 2.76 bits per heavy atom. The normalized spacial score (nSPS) is 21.9. The molecule has 167 valence electrons. The number of anilines is 1. The van der Waals surface area contributed by atoms with Crippen LogP contribution in [0.5, 0.6) is 5.75 Å². The third kappa shape index (κ3) is 4.36. The molecule has 0 N–H and O–H groups in total. The zero-order valence-corrected chi connectivity index (χ0v) is 18.8. The minimum Gasteiger partial charge on any atom is -0.473 e. The fourth-order valence-electron chi connectivity index (χ4n) is 5.02. The zero-order valence-electron chi connectivity index (χ0n) is 18.8. The molecule has 4 aliphatic rings. The summed E-state index contributed by atoms with van der Waals surface area (Å²) in [5.41, 5.74) is 7.82. The molecule has 1 radical (unpaired) electrons. The molecule has 6 rings (SSSR count). The number of benzene rings is 2. The molecule has 0 saturated carbocycles. The van der Waals surface area contributed by atoms with Crippen molar-refractivity contribution < 1.29 is 9.47 Å². The first-order valence-corrected chi connectivity index (χ1v) is 11.8. The van der Waals surface area contributed by atoms with Gasteiger partial charge in [0, 0.05) is 42.9 Å². The predicted octanol–water partition coefficient (Wildman–Crippen LogP) is 5.55. The second-order valence-electron chi connectivity index (χ2n) is 9.10. The smallest absolute Gasteiger partial charge is 0.161 e. The third-order valence-electron chi connectivity index (χ3n) is 6.79. The Labute approximate surface area is 196 Å². The molecule has 2 aromatic carbocycles. The number of allylic oxidation sites excluding steroid dienone is 5. The number of hydrogen-bond acceptors (Lipinski definition) is 4. The maximum absolute atomic E-state index is 6.15. The molecule has 0 spiro atoms. The number of para-hydroxylation sites is 1. The highest BCUT2D eigenvalue weighted by Gasteiger charge is 2.27. The maximum atomic E-state index is 6.15. The summed E-state index contributed by atoms with van der Waals surface area (Å²) in [4.78, 5) is 4.65. The molecule has 4 nitrogen and oxygen atoms in total. The molecular weight excluding hydrogens is 408 g/mol. The Morgan fingerprint density at radius 1 is 0.939 bits per heavy atom. The van der Waals surface area contributed by atoms with Crippen molar-refractivity contribution in [2.45, 2.75) is 31.9 Å². The molecule has 33 heavy (non-hydrogen) atoms. The topological polar surface area (TPSA) is 24.9 Å². The van der Waals surface area contributed by atoms with E-state index >= 15 is 0 Å². The van der Waals surface area contributed by atoms with E-state index in [-0.39, 0.29) is 6.10 Å². The van der Waals surface area contributed by atoms with Gasteiger partial charge in [0.1, 0.15) is 12.5 Å². The van der Waals surface area contributed by atoms with Gasteiger partial charge in [-0.2, -0.15) is 0 Å². The summed E-state index contributed by atoms with van der Waals surface area (Å²) in [7, 11) is 0. The van der Waals surface area contributed by atoms with Gasteiger partial charge in [0.05, 0.1) is 6.10 Å². The molecule has 0 aromatic heterocycles. The molecule has 1 fully saturated rings. The van der Waals surface area contributed by atoms with Crippen LogP contribution in [0.25, 0.3) is 0 Å². The molecule has 2 heterocycles. The molecule has 2 aliphatic carbocycles. The Hall–Kier alpha value is -3.24. The first kappa shape index (κ1) is 20.4. The van der Waals surface area contributed by atoms with Crippen LogP contribution in [0.2, 0.25) is 0 Å². The Balaban J connectivity index is 1.16. The summed E-state index contributed by atoms with van der Waals surface area (Å²) in [6, 6.07) is 17.1. The van der Waals surface area contributed by atoms with Crippen molar-refractivity contribution in [3.63, 3.8) is 0 Å². The predicted molar refractivity (Wildman–Crippen MR) is 132 cm³/mol. The molecule has 1 unspecified atom stereocenters. The van der Waals surface area contributed by atoms with E-state index in [0.717, 1.165) is 38.1 Å².